The van der Waals surface area contributed by atoms with Crippen LogP contribution in [0.5, 0.6) is 5.88 Å². The van der Waals surface area contributed by atoms with E-state index < -0.39 is 5.97 Å². The summed E-state index contributed by atoms with van der Waals surface area (Å²) >= 11 is 0. The molecule has 0 aliphatic rings. The van der Waals surface area contributed by atoms with Crippen LogP contribution in [0.25, 0.3) is 0 Å². The summed E-state index contributed by atoms with van der Waals surface area (Å²) in [7, 11) is 0. The molecule has 0 saturated carbocycles. The van der Waals surface area contributed by atoms with Crippen LogP contribution in [-0.2, 0) is 0 Å². The van der Waals surface area contributed by atoms with E-state index in [9.17, 15) is 4.79 Å². The zero-order valence-corrected chi connectivity index (χ0v) is 8.08. The van der Waals surface area contributed by atoms with E-state index in [4.69, 9.17) is 14.4 Å². The summed E-state index contributed by atoms with van der Waals surface area (Å²) in [6.07, 6.45) is 2.70. The molecular weight excluding hydrogens is 208 g/mol. The van der Waals surface area contributed by atoms with Crippen LogP contribution in [0.1, 0.15) is 16.1 Å². The quantitative estimate of drug-likeness (QED) is 0.712. The average molecular weight is 214 g/mol. The van der Waals surface area contributed by atoms with Crippen molar-refractivity contribution in [3.05, 3.63) is 48.0 Å². The number of hydrogen-bond donors (Lipinski definition) is 0. The molecule has 5 heteroatoms. The van der Waals surface area contributed by atoms with Gasteiger partial charge in [0.2, 0.25) is 11.6 Å². The predicted molar refractivity (Wildman–Crippen MR) is 52.6 cm³/mol. The van der Waals surface area contributed by atoms with Crippen molar-refractivity contribution in [3.8, 4) is 11.9 Å². The molecule has 0 unspecified atom stereocenters. The van der Waals surface area contributed by atoms with Crippen molar-refractivity contribution in [3.63, 3.8) is 0 Å². The number of hydrogen-bond acceptors (Lipinski definition) is 5. The highest BCUT2D eigenvalue weighted by Gasteiger charge is 2.11. The lowest BCUT2D eigenvalue weighted by Crippen LogP contribution is -2.08. The number of nitrogens with zero attached hydrogens (tertiary/aromatic N) is 2. The molecule has 0 radical (unpaired) electrons. The smallest absolute Gasteiger partial charge is 0.380 e. The van der Waals surface area contributed by atoms with Crippen LogP contribution in [0.4, 0.5) is 0 Å². The number of aromatic nitrogens is 1. The van der Waals surface area contributed by atoms with Gasteiger partial charge in [-0.3, -0.25) is 0 Å². The molecule has 5 nitrogen and oxygen atoms in total. The van der Waals surface area contributed by atoms with Crippen LogP contribution in [0.3, 0.4) is 0 Å². The standard InChI is InChI=1S/C11H6N2O3/c12-6-8-3-4-10(13-7-8)16-11(14)9-2-1-5-15-9/h1-5,7H. The second kappa shape index (κ2) is 4.28. The fraction of sp³-hybridized carbons (Fsp3) is 0. The van der Waals surface area contributed by atoms with E-state index in [0.29, 0.717) is 5.56 Å². The van der Waals surface area contributed by atoms with E-state index in [1.54, 1.807) is 6.07 Å². The Morgan fingerprint density at radius 3 is 2.88 bits per heavy atom. The van der Waals surface area contributed by atoms with Gasteiger partial charge in [0.05, 0.1) is 11.8 Å². The minimum Gasteiger partial charge on any atom is -0.457 e. The van der Waals surface area contributed by atoms with E-state index in [1.165, 1.54) is 30.7 Å². The van der Waals surface area contributed by atoms with Crippen LogP contribution in [0.2, 0.25) is 0 Å². The van der Waals surface area contributed by atoms with Crippen molar-refractivity contribution in [2.75, 3.05) is 0 Å². The Hall–Kier alpha value is -2.61. The maximum Gasteiger partial charge on any atom is 0.380 e. The van der Waals surface area contributed by atoms with Crippen LogP contribution >= 0.6 is 0 Å². The van der Waals surface area contributed by atoms with Crippen molar-refractivity contribution in [2.45, 2.75) is 0 Å². The molecule has 2 aromatic rings. The van der Waals surface area contributed by atoms with E-state index in [2.05, 4.69) is 4.98 Å². The molecule has 0 N–H and O–H groups in total. The number of carbonyl (C=O) groups excluding carboxylic acids is 1. The lowest BCUT2D eigenvalue weighted by atomic mass is 10.3. The van der Waals surface area contributed by atoms with Crippen LogP contribution in [-0.4, -0.2) is 11.0 Å². The molecule has 0 spiro atoms. The molecule has 0 aromatic carbocycles. The first kappa shape index (κ1) is 9.93. The number of carbonyl (C=O) groups is 1. The zero-order chi connectivity index (χ0) is 11.4. The van der Waals surface area contributed by atoms with Gasteiger partial charge in [0.25, 0.3) is 0 Å². The Kier molecular flexibility index (Phi) is 2.65. The summed E-state index contributed by atoms with van der Waals surface area (Å²) in [6, 6.07) is 7.95. The maximum absolute atomic E-state index is 11.4. The lowest BCUT2D eigenvalue weighted by Gasteiger charge is -1.99. The molecule has 2 aromatic heterocycles. The second-order valence-electron chi connectivity index (χ2n) is 2.86. The molecule has 0 bridgehead atoms. The molecule has 2 rings (SSSR count). The fourth-order valence-corrected chi connectivity index (χ4v) is 1.05. The summed E-state index contributed by atoms with van der Waals surface area (Å²) in [6.45, 7) is 0. The molecule has 78 valence electrons. The van der Waals surface area contributed by atoms with Crippen molar-refractivity contribution < 1.29 is 13.9 Å². The van der Waals surface area contributed by atoms with Gasteiger partial charge in [0.1, 0.15) is 6.07 Å². The second-order valence-corrected chi connectivity index (χ2v) is 2.86. The van der Waals surface area contributed by atoms with Gasteiger partial charge >= 0.3 is 5.97 Å². The summed E-state index contributed by atoms with van der Waals surface area (Å²) in [5.74, 6) is -0.395. The molecule has 0 aliphatic carbocycles. The first-order chi connectivity index (χ1) is 7.79. The van der Waals surface area contributed by atoms with Gasteiger partial charge in [0, 0.05) is 12.3 Å². The Labute approximate surface area is 90.9 Å². The van der Waals surface area contributed by atoms with E-state index in [-0.39, 0.29) is 11.6 Å². The third-order valence-electron chi connectivity index (χ3n) is 1.79. The summed E-state index contributed by atoms with van der Waals surface area (Å²) in [4.78, 5) is 15.2. The number of pyridine rings is 1. The van der Waals surface area contributed by atoms with E-state index in [1.807, 2.05) is 6.07 Å². The highest BCUT2D eigenvalue weighted by atomic mass is 16.6. The fourth-order valence-electron chi connectivity index (χ4n) is 1.05. The average Bonchev–Trinajstić information content (AvgIpc) is 2.83. The van der Waals surface area contributed by atoms with Crippen molar-refractivity contribution in [1.82, 2.24) is 4.98 Å². The molecule has 0 saturated heterocycles. The van der Waals surface area contributed by atoms with Gasteiger partial charge in [-0.15, -0.1) is 0 Å². The van der Waals surface area contributed by atoms with Crippen LogP contribution in [0, 0.1) is 11.3 Å². The number of rotatable bonds is 2. The number of ether oxygens (including phenoxy) is 1. The van der Waals surface area contributed by atoms with E-state index >= 15 is 0 Å². The molecule has 0 atom stereocenters. The van der Waals surface area contributed by atoms with Gasteiger partial charge in [-0.05, 0) is 18.2 Å². The van der Waals surface area contributed by atoms with Crippen LogP contribution < -0.4 is 4.74 Å². The Morgan fingerprint density at radius 1 is 1.44 bits per heavy atom. The largest absolute Gasteiger partial charge is 0.457 e. The molecule has 16 heavy (non-hydrogen) atoms. The predicted octanol–water partition coefficient (Wildman–Crippen LogP) is 1.77. The summed E-state index contributed by atoms with van der Waals surface area (Å²) < 4.78 is 9.76. The minimum atomic E-state index is -0.623. The van der Waals surface area contributed by atoms with Crippen molar-refractivity contribution in [2.24, 2.45) is 0 Å². The Balaban J connectivity index is 2.10. The third-order valence-corrected chi connectivity index (χ3v) is 1.79. The molecule has 0 amide bonds. The zero-order valence-electron chi connectivity index (χ0n) is 8.08. The normalized spacial score (nSPS) is 9.44. The van der Waals surface area contributed by atoms with Gasteiger partial charge in [-0.1, -0.05) is 0 Å². The Morgan fingerprint density at radius 2 is 2.31 bits per heavy atom. The monoisotopic (exact) mass is 214 g/mol. The topological polar surface area (TPSA) is 76.1 Å². The first-order valence-electron chi connectivity index (χ1n) is 4.41. The first-order valence-corrected chi connectivity index (χ1v) is 4.41. The lowest BCUT2D eigenvalue weighted by molar-refractivity contribution is 0.0694. The van der Waals surface area contributed by atoms with Gasteiger partial charge in [-0.2, -0.15) is 5.26 Å². The number of esters is 1. The van der Waals surface area contributed by atoms with Gasteiger partial charge in [-0.25, -0.2) is 9.78 Å². The number of nitriles is 1. The highest BCUT2D eigenvalue weighted by molar-refractivity contribution is 5.87. The number of furan rings is 1. The third kappa shape index (κ3) is 2.07. The Bertz CT molecular complexity index is 523. The summed E-state index contributed by atoms with van der Waals surface area (Å²) in [5.41, 5.74) is 0.401. The highest BCUT2D eigenvalue weighted by Crippen LogP contribution is 2.10. The molecular formula is C11H6N2O3. The SMILES string of the molecule is N#Cc1ccc(OC(=O)c2ccco2)nc1. The molecule has 0 aliphatic heterocycles. The summed E-state index contributed by atoms with van der Waals surface area (Å²) in [5, 5.41) is 8.55. The maximum atomic E-state index is 11.4. The minimum absolute atomic E-state index is 0.103. The van der Waals surface area contributed by atoms with Crippen molar-refractivity contribution >= 4 is 5.97 Å². The molecule has 0 fully saturated rings. The van der Waals surface area contributed by atoms with Crippen molar-refractivity contribution in [1.29, 1.82) is 5.26 Å². The van der Waals surface area contributed by atoms with Gasteiger partial charge < -0.3 is 9.15 Å². The van der Waals surface area contributed by atoms with Crippen LogP contribution in [0.15, 0.2) is 41.1 Å². The molecule has 2 heterocycles. The van der Waals surface area contributed by atoms with E-state index in [0.717, 1.165) is 0 Å². The van der Waals surface area contributed by atoms with Gasteiger partial charge in [0.15, 0.2) is 0 Å².